The van der Waals surface area contributed by atoms with Crippen molar-refractivity contribution in [3.8, 4) is 5.75 Å². The van der Waals surface area contributed by atoms with Crippen molar-refractivity contribution < 1.29 is 27.1 Å². The molecule has 11 heteroatoms. The Morgan fingerprint density at radius 2 is 1.61 bits per heavy atom. The van der Waals surface area contributed by atoms with E-state index in [1.807, 2.05) is 20.8 Å². The van der Waals surface area contributed by atoms with Crippen LogP contribution >= 0.6 is 15.9 Å². The summed E-state index contributed by atoms with van der Waals surface area (Å²) in [5, 5.41) is 2.81. The van der Waals surface area contributed by atoms with Crippen LogP contribution in [0.1, 0.15) is 33.3 Å². The number of ether oxygens (including phenoxy) is 1. The number of halogens is 2. The van der Waals surface area contributed by atoms with Crippen LogP contribution in [0.5, 0.6) is 5.75 Å². The zero-order valence-corrected chi connectivity index (χ0v) is 25.9. The van der Waals surface area contributed by atoms with E-state index in [4.69, 9.17) is 4.74 Å². The molecule has 0 aliphatic rings. The molecule has 41 heavy (non-hydrogen) atoms. The highest BCUT2D eigenvalue weighted by Crippen LogP contribution is 2.27. The van der Waals surface area contributed by atoms with Gasteiger partial charge in [-0.2, -0.15) is 0 Å². The second kappa shape index (κ2) is 14.5. The first-order chi connectivity index (χ1) is 19.4. The third-order valence-corrected chi connectivity index (χ3v) is 8.58. The van der Waals surface area contributed by atoms with Gasteiger partial charge in [-0.15, -0.1) is 0 Å². The average molecular weight is 649 g/mol. The molecule has 0 radical (unpaired) electrons. The summed E-state index contributed by atoms with van der Waals surface area (Å²) in [7, 11) is -4.22. The van der Waals surface area contributed by atoms with Gasteiger partial charge in [0.2, 0.25) is 11.8 Å². The maximum absolute atomic E-state index is 14.6. The topological polar surface area (TPSA) is 96.0 Å². The number of anilines is 1. The fraction of sp³-hybridized carbons (Fsp3) is 0.333. The standard InChI is InChI=1S/C30H35BrFN3O5S/c1-5-40-26-14-12-25(13-15-26)35(41(38,39)27-16-10-24(31)11-17-27)20-29(36)34(19-23-8-6-7-9-28(23)32)22(4)30(37)33-18-21(2)3/h6-17,21-22H,5,18-20H2,1-4H3,(H,33,37)/t22-/m1/s1. The molecule has 8 nitrogen and oxygen atoms in total. The second-order valence-electron chi connectivity index (χ2n) is 9.82. The second-order valence-corrected chi connectivity index (χ2v) is 12.6. The monoisotopic (exact) mass is 647 g/mol. The summed E-state index contributed by atoms with van der Waals surface area (Å²) >= 11 is 3.31. The molecule has 1 N–H and O–H groups in total. The Kier molecular flexibility index (Phi) is 11.3. The Morgan fingerprint density at radius 1 is 0.976 bits per heavy atom. The molecule has 3 rings (SSSR count). The van der Waals surface area contributed by atoms with Crippen molar-refractivity contribution in [2.75, 3.05) is 24.0 Å². The summed E-state index contributed by atoms with van der Waals surface area (Å²) in [4.78, 5) is 28.1. The van der Waals surface area contributed by atoms with Crippen molar-refractivity contribution in [3.63, 3.8) is 0 Å². The highest BCUT2D eigenvalue weighted by molar-refractivity contribution is 9.10. The fourth-order valence-corrected chi connectivity index (χ4v) is 5.66. The van der Waals surface area contributed by atoms with Crippen molar-refractivity contribution in [1.29, 1.82) is 0 Å². The highest BCUT2D eigenvalue weighted by atomic mass is 79.9. The zero-order valence-electron chi connectivity index (χ0n) is 23.5. The van der Waals surface area contributed by atoms with E-state index >= 15 is 0 Å². The van der Waals surface area contributed by atoms with E-state index in [1.165, 1.54) is 35.2 Å². The zero-order chi connectivity index (χ0) is 30.2. The third kappa shape index (κ3) is 8.53. The number of sulfonamides is 1. The number of carbonyl (C=O) groups is 2. The van der Waals surface area contributed by atoms with Gasteiger partial charge in [0, 0.05) is 23.1 Å². The molecule has 1 atom stereocenters. The highest BCUT2D eigenvalue weighted by Gasteiger charge is 2.33. The summed E-state index contributed by atoms with van der Waals surface area (Å²) in [5.74, 6) is -0.916. The summed E-state index contributed by atoms with van der Waals surface area (Å²) in [6.07, 6.45) is 0. The van der Waals surface area contributed by atoms with Gasteiger partial charge in [-0.05, 0) is 74.4 Å². The maximum Gasteiger partial charge on any atom is 0.264 e. The molecule has 0 bridgehead atoms. The van der Waals surface area contributed by atoms with Crippen molar-refractivity contribution in [2.45, 2.75) is 45.2 Å². The smallest absolute Gasteiger partial charge is 0.264 e. The Balaban J connectivity index is 2.03. The van der Waals surface area contributed by atoms with E-state index < -0.39 is 40.2 Å². The van der Waals surface area contributed by atoms with Crippen LogP contribution in [-0.2, 0) is 26.2 Å². The number of rotatable bonds is 13. The van der Waals surface area contributed by atoms with E-state index in [0.29, 0.717) is 23.4 Å². The maximum atomic E-state index is 14.6. The van der Waals surface area contributed by atoms with Crippen LogP contribution in [0.3, 0.4) is 0 Å². The molecular formula is C30H35BrFN3O5S. The van der Waals surface area contributed by atoms with Crippen LogP contribution in [-0.4, -0.2) is 50.9 Å². The normalized spacial score (nSPS) is 12.1. The molecule has 0 spiro atoms. The Labute approximate surface area is 249 Å². The average Bonchev–Trinajstić information content (AvgIpc) is 2.94. The molecule has 0 aliphatic heterocycles. The minimum Gasteiger partial charge on any atom is -0.494 e. The lowest BCUT2D eigenvalue weighted by Crippen LogP contribution is -2.51. The lowest BCUT2D eigenvalue weighted by atomic mass is 10.1. The summed E-state index contributed by atoms with van der Waals surface area (Å²) in [6.45, 7) is 7.23. The first kappa shape index (κ1) is 32.1. The van der Waals surface area contributed by atoms with Crippen LogP contribution < -0.4 is 14.4 Å². The summed E-state index contributed by atoms with van der Waals surface area (Å²) in [6, 6.07) is 17.4. The lowest BCUT2D eigenvalue weighted by Gasteiger charge is -2.32. The molecule has 0 fully saturated rings. The van der Waals surface area contributed by atoms with Crippen LogP contribution in [0.2, 0.25) is 0 Å². The Morgan fingerprint density at radius 3 is 2.20 bits per heavy atom. The van der Waals surface area contributed by atoms with E-state index in [9.17, 15) is 22.4 Å². The van der Waals surface area contributed by atoms with E-state index in [1.54, 1.807) is 49.4 Å². The molecule has 0 saturated heterocycles. The fourth-order valence-electron chi connectivity index (χ4n) is 3.98. The number of carbonyl (C=O) groups excluding carboxylic acids is 2. The summed E-state index contributed by atoms with van der Waals surface area (Å²) in [5.41, 5.74) is 0.431. The van der Waals surface area contributed by atoms with Gasteiger partial charge < -0.3 is 15.0 Å². The number of benzene rings is 3. The number of amides is 2. The number of nitrogens with one attached hydrogen (secondary N) is 1. The minimum atomic E-state index is -4.22. The molecule has 0 unspecified atom stereocenters. The van der Waals surface area contributed by atoms with Crippen LogP contribution in [0.15, 0.2) is 82.2 Å². The van der Waals surface area contributed by atoms with Gasteiger partial charge in [-0.25, -0.2) is 12.8 Å². The predicted molar refractivity (Wildman–Crippen MR) is 161 cm³/mol. The third-order valence-electron chi connectivity index (χ3n) is 6.27. The van der Waals surface area contributed by atoms with Crippen molar-refractivity contribution in [3.05, 3.63) is 88.6 Å². The minimum absolute atomic E-state index is 0.0224. The molecule has 0 aliphatic carbocycles. The van der Waals surface area contributed by atoms with Gasteiger partial charge in [-0.3, -0.25) is 13.9 Å². The molecule has 0 aromatic heterocycles. The van der Waals surface area contributed by atoms with Crippen LogP contribution in [0.25, 0.3) is 0 Å². The Bertz CT molecular complexity index is 1430. The number of hydrogen-bond donors (Lipinski definition) is 1. The molecule has 0 saturated carbocycles. The van der Waals surface area contributed by atoms with Gasteiger partial charge in [0.1, 0.15) is 24.2 Å². The first-order valence-corrected chi connectivity index (χ1v) is 15.5. The summed E-state index contributed by atoms with van der Waals surface area (Å²) < 4.78 is 49.6. The van der Waals surface area contributed by atoms with E-state index in [0.717, 1.165) is 4.31 Å². The van der Waals surface area contributed by atoms with Gasteiger partial charge in [0.25, 0.3) is 10.0 Å². The van der Waals surface area contributed by atoms with Gasteiger partial charge in [-0.1, -0.05) is 48.0 Å². The Hall–Kier alpha value is -3.44. The molecule has 3 aromatic carbocycles. The van der Waals surface area contributed by atoms with Crippen LogP contribution in [0, 0.1) is 11.7 Å². The predicted octanol–water partition coefficient (Wildman–Crippen LogP) is 5.37. The largest absolute Gasteiger partial charge is 0.494 e. The van der Waals surface area contributed by atoms with Crippen molar-refractivity contribution >= 4 is 43.5 Å². The number of hydrogen-bond acceptors (Lipinski definition) is 5. The first-order valence-electron chi connectivity index (χ1n) is 13.3. The van der Waals surface area contributed by atoms with Crippen molar-refractivity contribution in [2.24, 2.45) is 5.92 Å². The van der Waals surface area contributed by atoms with Gasteiger partial charge in [0.15, 0.2) is 0 Å². The van der Waals surface area contributed by atoms with Crippen LogP contribution in [0.4, 0.5) is 10.1 Å². The quantitative estimate of drug-likeness (QED) is 0.269. The molecule has 0 heterocycles. The van der Waals surface area contributed by atoms with E-state index in [2.05, 4.69) is 21.2 Å². The van der Waals surface area contributed by atoms with Gasteiger partial charge >= 0.3 is 0 Å². The molecule has 220 valence electrons. The molecule has 2 amide bonds. The SMILES string of the molecule is CCOc1ccc(N(CC(=O)N(Cc2ccccc2F)[C@H](C)C(=O)NCC(C)C)S(=O)(=O)c2ccc(Br)cc2)cc1. The van der Waals surface area contributed by atoms with E-state index in [-0.39, 0.29) is 28.6 Å². The number of nitrogens with zero attached hydrogens (tertiary/aromatic N) is 2. The molecular weight excluding hydrogens is 613 g/mol. The van der Waals surface area contributed by atoms with Gasteiger partial charge in [0.05, 0.1) is 17.2 Å². The molecule has 3 aromatic rings. The van der Waals surface area contributed by atoms with Crippen molar-refractivity contribution in [1.82, 2.24) is 10.2 Å². The lowest BCUT2D eigenvalue weighted by molar-refractivity contribution is -0.139.